The van der Waals surface area contributed by atoms with E-state index in [0.29, 0.717) is 11.4 Å². The van der Waals surface area contributed by atoms with Gasteiger partial charge in [-0.2, -0.15) is 0 Å². The van der Waals surface area contributed by atoms with E-state index in [-0.39, 0.29) is 11.4 Å². The molecule has 0 aliphatic carbocycles. The Hall–Kier alpha value is -3.16. The minimum Gasteiger partial charge on any atom is -0.503 e. The molecule has 0 atom stereocenters. The van der Waals surface area contributed by atoms with Crippen molar-refractivity contribution in [2.45, 2.75) is 26.4 Å². The third-order valence-corrected chi connectivity index (χ3v) is 3.65. The third-order valence-electron chi connectivity index (χ3n) is 3.65. The number of carbonyl (C=O) groups is 2. The monoisotopic (exact) mass is 376 g/mol. The Kier molecular flexibility index (Phi) is 5.39. The Morgan fingerprint density at radius 3 is 1.96 bits per heavy atom. The van der Waals surface area contributed by atoms with Crippen LogP contribution in [0.4, 0.5) is 0 Å². The zero-order valence-electron chi connectivity index (χ0n) is 16.2. The zero-order chi connectivity index (χ0) is 20.5. The van der Waals surface area contributed by atoms with Gasteiger partial charge >= 0.3 is 5.97 Å². The molecular formula is C19H24N2O6. The van der Waals surface area contributed by atoms with Crippen LogP contribution in [0.3, 0.4) is 0 Å². The molecule has 146 valence electrons. The van der Waals surface area contributed by atoms with Crippen LogP contribution >= 0.6 is 0 Å². The zero-order valence-corrected chi connectivity index (χ0v) is 16.2. The number of nitrogens with zero attached hydrogens (tertiary/aromatic N) is 2. The van der Waals surface area contributed by atoms with E-state index in [1.807, 2.05) is 0 Å². The Balaban J connectivity index is 2.77. The molecule has 0 radical (unpaired) electrons. The third kappa shape index (κ3) is 3.99. The minimum atomic E-state index is -0.871. The lowest BCUT2D eigenvalue weighted by Gasteiger charge is -2.21. The summed E-state index contributed by atoms with van der Waals surface area (Å²) in [5.41, 5.74) is -1.04. The summed E-state index contributed by atoms with van der Waals surface area (Å²) < 4.78 is 11.6. The van der Waals surface area contributed by atoms with Crippen LogP contribution < -0.4 is 4.74 Å². The lowest BCUT2D eigenvalue weighted by molar-refractivity contribution is 0.00574. The summed E-state index contributed by atoms with van der Waals surface area (Å²) in [6.07, 6.45) is 0. The van der Waals surface area contributed by atoms with Crippen molar-refractivity contribution >= 4 is 11.9 Å². The Bertz CT molecular complexity index is 860. The first-order valence-electron chi connectivity index (χ1n) is 8.24. The van der Waals surface area contributed by atoms with Crippen molar-refractivity contribution in [2.75, 3.05) is 21.2 Å². The summed E-state index contributed by atoms with van der Waals surface area (Å²) in [5.74, 6) is -2.30. The lowest BCUT2D eigenvalue weighted by atomic mass is 10.2. The molecule has 2 aromatic rings. The number of benzene rings is 1. The van der Waals surface area contributed by atoms with Crippen LogP contribution in [0, 0.1) is 0 Å². The highest BCUT2D eigenvalue weighted by Gasteiger charge is 2.34. The number of hydrogen-bond acceptors (Lipinski definition) is 6. The van der Waals surface area contributed by atoms with Crippen LogP contribution in [0.25, 0.3) is 5.69 Å². The average Bonchev–Trinajstić information content (AvgIpc) is 2.84. The molecule has 0 saturated heterocycles. The van der Waals surface area contributed by atoms with E-state index in [1.165, 1.54) is 30.7 Å². The standard InChI is InChI=1S/C19H24N2O6/c1-19(2,3)27-18(25)14-16(23)15(22)13(17(24)20(4)5)21(14)11-7-9-12(26-6)10-8-11/h7-10,22-23H,1-6H3. The molecule has 0 fully saturated rings. The van der Waals surface area contributed by atoms with Gasteiger partial charge in [0.05, 0.1) is 7.11 Å². The number of hydrogen-bond donors (Lipinski definition) is 2. The molecule has 1 heterocycles. The molecule has 0 spiro atoms. The van der Waals surface area contributed by atoms with Crippen molar-refractivity contribution in [1.82, 2.24) is 9.47 Å². The number of ether oxygens (including phenoxy) is 2. The number of esters is 1. The van der Waals surface area contributed by atoms with Crippen LogP contribution in [0.15, 0.2) is 24.3 Å². The smallest absolute Gasteiger partial charge is 0.359 e. The van der Waals surface area contributed by atoms with E-state index < -0.39 is 29.0 Å². The number of aromatic hydroxyl groups is 2. The van der Waals surface area contributed by atoms with Crippen LogP contribution in [-0.4, -0.2) is 58.4 Å². The van der Waals surface area contributed by atoms with Gasteiger partial charge in [0, 0.05) is 19.8 Å². The van der Waals surface area contributed by atoms with E-state index in [0.717, 1.165) is 0 Å². The van der Waals surface area contributed by atoms with Crippen molar-refractivity contribution in [1.29, 1.82) is 0 Å². The molecule has 1 aromatic carbocycles. The van der Waals surface area contributed by atoms with E-state index in [2.05, 4.69) is 0 Å². The highest BCUT2D eigenvalue weighted by Crippen LogP contribution is 2.39. The molecule has 0 bridgehead atoms. The number of aromatic nitrogens is 1. The number of rotatable bonds is 4. The van der Waals surface area contributed by atoms with Gasteiger partial charge in [0.2, 0.25) is 0 Å². The van der Waals surface area contributed by atoms with Crippen LogP contribution in [0.2, 0.25) is 0 Å². The van der Waals surface area contributed by atoms with Crippen LogP contribution in [0.1, 0.15) is 41.7 Å². The first kappa shape index (κ1) is 20.2. The van der Waals surface area contributed by atoms with Crippen LogP contribution in [0.5, 0.6) is 17.2 Å². The molecule has 0 aliphatic rings. The summed E-state index contributed by atoms with van der Waals surface area (Å²) in [6.45, 7) is 5.02. The van der Waals surface area contributed by atoms with Crippen molar-refractivity contribution < 1.29 is 29.3 Å². The molecule has 27 heavy (non-hydrogen) atoms. The van der Waals surface area contributed by atoms with E-state index >= 15 is 0 Å². The van der Waals surface area contributed by atoms with Gasteiger partial charge in [0.15, 0.2) is 22.9 Å². The molecule has 8 heteroatoms. The highest BCUT2D eigenvalue weighted by molar-refractivity contribution is 6.02. The molecule has 1 amide bonds. The normalized spacial score (nSPS) is 11.2. The molecule has 2 N–H and O–H groups in total. The molecule has 0 unspecified atom stereocenters. The first-order valence-corrected chi connectivity index (χ1v) is 8.24. The van der Waals surface area contributed by atoms with Gasteiger partial charge in [-0.3, -0.25) is 9.36 Å². The predicted molar refractivity (Wildman–Crippen MR) is 98.8 cm³/mol. The second kappa shape index (κ2) is 7.22. The maximum atomic E-state index is 12.7. The lowest BCUT2D eigenvalue weighted by Crippen LogP contribution is -2.28. The molecule has 2 rings (SSSR count). The second-order valence-corrected chi connectivity index (χ2v) is 7.13. The van der Waals surface area contributed by atoms with Crippen molar-refractivity contribution in [2.24, 2.45) is 0 Å². The Morgan fingerprint density at radius 2 is 1.52 bits per heavy atom. The van der Waals surface area contributed by atoms with Crippen molar-refractivity contribution in [3.05, 3.63) is 35.7 Å². The van der Waals surface area contributed by atoms with Gasteiger partial charge in [-0.25, -0.2) is 4.79 Å². The maximum Gasteiger partial charge on any atom is 0.359 e. The second-order valence-electron chi connectivity index (χ2n) is 7.13. The van der Waals surface area contributed by atoms with E-state index in [9.17, 15) is 19.8 Å². The summed E-state index contributed by atoms with van der Waals surface area (Å²) in [6, 6.07) is 6.45. The largest absolute Gasteiger partial charge is 0.503 e. The quantitative estimate of drug-likeness (QED) is 0.796. The molecule has 0 aliphatic heterocycles. The van der Waals surface area contributed by atoms with Gasteiger partial charge in [0.1, 0.15) is 11.4 Å². The van der Waals surface area contributed by atoms with Crippen LogP contribution in [-0.2, 0) is 4.74 Å². The fourth-order valence-electron chi connectivity index (χ4n) is 2.46. The molecule has 0 saturated carbocycles. The van der Waals surface area contributed by atoms with Crippen molar-refractivity contribution in [3.8, 4) is 22.9 Å². The SMILES string of the molecule is COc1ccc(-n2c(C(=O)OC(C)(C)C)c(O)c(O)c2C(=O)N(C)C)cc1. The van der Waals surface area contributed by atoms with Gasteiger partial charge < -0.3 is 24.6 Å². The fourth-order valence-corrected chi connectivity index (χ4v) is 2.46. The maximum absolute atomic E-state index is 12.7. The van der Waals surface area contributed by atoms with E-state index in [1.54, 1.807) is 45.0 Å². The summed E-state index contributed by atoms with van der Waals surface area (Å²) in [5, 5.41) is 20.8. The van der Waals surface area contributed by atoms with Gasteiger partial charge in [-0.05, 0) is 45.0 Å². The van der Waals surface area contributed by atoms with Crippen molar-refractivity contribution in [3.63, 3.8) is 0 Å². The number of methoxy groups -OCH3 is 1. The number of amides is 1. The topological polar surface area (TPSA) is 101 Å². The number of carbonyl (C=O) groups excluding carboxylic acids is 2. The summed E-state index contributed by atoms with van der Waals surface area (Å²) in [7, 11) is 4.50. The van der Waals surface area contributed by atoms with Gasteiger partial charge in [-0.15, -0.1) is 0 Å². The summed E-state index contributed by atoms with van der Waals surface area (Å²) in [4.78, 5) is 26.5. The fraction of sp³-hybridized carbons (Fsp3) is 0.368. The first-order chi connectivity index (χ1) is 12.5. The average molecular weight is 376 g/mol. The predicted octanol–water partition coefficient (Wildman–Crippen LogP) is 2.55. The molecule has 8 nitrogen and oxygen atoms in total. The van der Waals surface area contributed by atoms with Gasteiger partial charge in [-0.1, -0.05) is 0 Å². The van der Waals surface area contributed by atoms with Gasteiger partial charge in [0.25, 0.3) is 5.91 Å². The minimum absolute atomic E-state index is 0.247. The molecular weight excluding hydrogens is 352 g/mol. The highest BCUT2D eigenvalue weighted by atomic mass is 16.6. The molecule has 1 aromatic heterocycles. The van der Waals surface area contributed by atoms with E-state index in [4.69, 9.17) is 9.47 Å². The Labute approximate surface area is 157 Å². The summed E-state index contributed by atoms with van der Waals surface area (Å²) >= 11 is 0. The Morgan fingerprint density at radius 1 is 1.00 bits per heavy atom.